The number of amides is 1. The fourth-order valence-corrected chi connectivity index (χ4v) is 4.32. The molecule has 4 rings (SSSR count). The van der Waals surface area contributed by atoms with Crippen LogP contribution in [-0.2, 0) is 4.79 Å². The minimum absolute atomic E-state index is 0.0625. The molecule has 2 aromatic carbocycles. The number of nitrogens with one attached hydrogen (secondary N) is 1. The van der Waals surface area contributed by atoms with Crippen LogP contribution >= 0.6 is 11.3 Å². The number of carbonyl (C=O) groups is 1. The minimum atomic E-state index is -0.0625. The summed E-state index contributed by atoms with van der Waals surface area (Å²) in [5.74, 6) is 1.17. The molecule has 6 heteroatoms. The summed E-state index contributed by atoms with van der Waals surface area (Å²) in [6.45, 7) is 2.75. The van der Waals surface area contributed by atoms with Crippen LogP contribution in [0.4, 0.5) is 5.13 Å². The van der Waals surface area contributed by atoms with E-state index in [4.69, 9.17) is 9.72 Å². The van der Waals surface area contributed by atoms with Gasteiger partial charge in [-0.25, -0.2) is 4.98 Å². The molecule has 1 amide bonds. The van der Waals surface area contributed by atoms with Gasteiger partial charge in [-0.1, -0.05) is 41.7 Å². The Balaban J connectivity index is 1.20. The van der Waals surface area contributed by atoms with Gasteiger partial charge in [0.1, 0.15) is 5.75 Å². The van der Waals surface area contributed by atoms with Crippen LogP contribution in [-0.4, -0.2) is 37.1 Å². The Morgan fingerprint density at radius 2 is 1.85 bits per heavy atom. The van der Waals surface area contributed by atoms with Crippen LogP contribution in [0.3, 0.4) is 0 Å². The Labute approximate surface area is 163 Å². The number of carbonyl (C=O) groups excluding carboxylic acids is 1. The lowest BCUT2D eigenvalue weighted by Crippen LogP contribution is -2.39. The molecule has 140 valence electrons. The van der Waals surface area contributed by atoms with Gasteiger partial charge in [-0.3, -0.25) is 4.79 Å². The van der Waals surface area contributed by atoms with Gasteiger partial charge < -0.3 is 15.0 Å². The summed E-state index contributed by atoms with van der Waals surface area (Å²) in [6, 6.07) is 17.7. The Kier molecular flexibility index (Phi) is 5.53. The van der Waals surface area contributed by atoms with Gasteiger partial charge in [-0.05, 0) is 43.0 Å². The van der Waals surface area contributed by atoms with Crippen LogP contribution in [0.1, 0.15) is 12.8 Å². The van der Waals surface area contributed by atoms with Gasteiger partial charge in [0.25, 0.3) is 5.91 Å². The lowest BCUT2D eigenvalue weighted by atomic mass is 9.97. The highest BCUT2D eigenvalue weighted by Crippen LogP contribution is 2.31. The standard InChI is InChI=1S/C21H23N3O2S/c25-20(15-26-17-6-2-1-3-7-17)22-14-16-10-12-24(13-11-16)21-23-18-8-4-5-9-19(18)27-21/h1-9,16H,10-15H2,(H,22,25). The SMILES string of the molecule is O=C(COc1ccccc1)NCC1CCN(c2nc3ccccc3s2)CC1. The van der Waals surface area contributed by atoms with E-state index in [0.717, 1.165) is 42.3 Å². The van der Waals surface area contributed by atoms with Gasteiger partial charge in [-0.15, -0.1) is 0 Å². The molecule has 0 radical (unpaired) electrons. The number of fused-ring (bicyclic) bond motifs is 1. The first kappa shape index (κ1) is 17.8. The summed E-state index contributed by atoms with van der Waals surface area (Å²) in [5, 5.41) is 4.11. The third-order valence-electron chi connectivity index (χ3n) is 4.87. The first-order chi connectivity index (χ1) is 13.3. The summed E-state index contributed by atoms with van der Waals surface area (Å²) < 4.78 is 6.72. The van der Waals surface area contributed by atoms with Crippen molar-refractivity contribution in [2.24, 2.45) is 5.92 Å². The number of nitrogens with zero attached hydrogens (tertiary/aromatic N) is 2. The maximum atomic E-state index is 12.0. The summed E-state index contributed by atoms with van der Waals surface area (Å²) in [5.41, 5.74) is 1.07. The number of para-hydroxylation sites is 2. The van der Waals surface area contributed by atoms with Crippen molar-refractivity contribution in [2.45, 2.75) is 12.8 Å². The smallest absolute Gasteiger partial charge is 0.257 e. The molecule has 0 bridgehead atoms. The van der Waals surface area contributed by atoms with Crippen molar-refractivity contribution in [1.82, 2.24) is 10.3 Å². The molecule has 0 aliphatic carbocycles. The van der Waals surface area contributed by atoms with Gasteiger partial charge in [0.15, 0.2) is 11.7 Å². The largest absolute Gasteiger partial charge is 0.484 e. The molecule has 5 nitrogen and oxygen atoms in total. The first-order valence-corrected chi connectivity index (χ1v) is 10.1. The van der Waals surface area contributed by atoms with Gasteiger partial charge in [-0.2, -0.15) is 0 Å². The van der Waals surface area contributed by atoms with Crippen molar-refractivity contribution in [3.8, 4) is 5.75 Å². The van der Waals surface area contributed by atoms with Gasteiger partial charge in [0.2, 0.25) is 0 Å². The van der Waals surface area contributed by atoms with Crippen molar-refractivity contribution < 1.29 is 9.53 Å². The predicted molar refractivity (Wildman–Crippen MR) is 110 cm³/mol. The second kappa shape index (κ2) is 8.39. The molecule has 27 heavy (non-hydrogen) atoms. The zero-order valence-corrected chi connectivity index (χ0v) is 16.0. The Morgan fingerprint density at radius 1 is 1.11 bits per heavy atom. The average Bonchev–Trinajstić information content (AvgIpc) is 3.16. The number of anilines is 1. The molecular formula is C21H23N3O2S. The van der Waals surface area contributed by atoms with E-state index in [2.05, 4.69) is 28.4 Å². The van der Waals surface area contributed by atoms with Crippen molar-refractivity contribution >= 4 is 32.6 Å². The second-order valence-electron chi connectivity index (χ2n) is 6.80. The van der Waals surface area contributed by atoms with Crippen LogP contribution in [0.15, 0.2) is 54.6 Å². The molecule has 1 N–H and O–H groups in total. The highest BCUT2D eigenvalue weighted by molar-refractivity contribution is 7.22. The molecule has 2 heterocycles. The van der Waals surface area contributed by atoms with E-state index in [1.54, 1.807) is 11.3 Å². The van der Waals surface area contributed by atoms with Crippen LogP contribution < -0.4 is 15.0 Å². The molecule has 0 unspecified atom stereocenters. The zero-order valence-electron chi connectivity index (χ0n) is 15.1. The van der Waals surface area contributed by atoms with Gasteiger partial charge in [0, 0.05) is 19.6 Å². The number of thiazole rings is 1. The van der Waals surface area contributed by atoms with Crippen molar-refractivity contribution in [2.75, 3.05) is 31.1 Å². The summed E-state index contributed by atoms with van der Waals surface area (Å²) >= 11 is 1.76. The number of ether oxygens (including phenoxy) is 1. The third-order valence-corrected chi connectivity index (χ3v) is 5.97. The molecule has 3 aromatic rings. The molecule has 1 aliphatic rings. The van der Waals surface area contributed by atoms with E-state index in [9.17, 15) is 4.79 Å². The fourth-order valence-electron chi connectivity index (χ4n) is 3.30. The number of aromatic nitrogens is 1. The van der Waals surface area contributed by atoms with E-state index in [1.807, 2.05) is 36.4 Å². The number of hydrogen-bond acceptors (Lipinski definition) is 5. The number of piperidine rings is 1. The van der Waals surface area contributed by atoms with Crippen molar-refractivity contribution in [3.63, 3.8) is 0 Å². The maximum Gasteiger partial charge on any atom is 0.257 e. The Hall–Kier alpha value is -2.60. The molecule has 1 aliphatic heterocycles. The first-order valence-electron chi connectivity index (χ1n) is 9.33. The van der Waals surface area contributed by atoms with E-state index in [-0.39, 0.29) is 12.5 Å². The lowest BCUT2D eigenvalue weighted by molar-refractivity contribution is -0.123. The quantitative estimate of drug-likeness (QED) is 0.707. The normalized spacial score (nSPS) is 15.0. The molecule has 1 fully saturated rings. The van der Waals surface area contributed by atoms with E-state index in [1.165, 1.54) is 4.70 Å². The van der Waals surface area contributed by atoms with Gasteiger partial charge in [0.05, 0.1) is 10.2 Å². The molecule has 1 aromatic heterocycles. The number of hydrogen-bond donors (Lipinski definition) is 1. The Bertz CT molecular complexity index is 856. The lowest BCUT2D eigenvalue weighted by Gasteiger charge is -2.31. The molecule has 1 saturated heterocycles. The number of rotatable bonds is 6. The van der Waals surface area contributed by atoms with Crippen LogP contribution in [0, 0.1) is 5.92 Å². The van der Waals surface area contributed by atoms with Gasteiger partial charge >= 0.3 is 0 Å². The monoisotopic (exact) mass is 381 g/mol. The predicted octanol–water partition coefficient (Wildman–Crippen LogP) is 3.71. The average molecular weight is 382 g/mol. The summed E-state index contributed by atoms with van der Waals surface area (Å²) in [4.78, 5) is 19.1. The van der Waals surface area contributed by atoms with E-state index >= 15 is 0 Å². The fraction of sp³-hybridized carbons (Fsp3) is 0.333. The molecule has 0 saturated carbocycles. The van der Waals surface area contributed by atoms with E-state index < -0.39 is 0 Å². The zero-order chi connectivity index (χ0) is 18.5. The topological polar surface area (TPSA) is 54.5 Å². The third kappa shape index (κ3) is 4.57. The molecule has 0 spiro atoms. The highest BCUT2D eigenvalue weighted by atomic mass is 32.1. The summed E-state index contributed by atoms with van der Waals surface area (Å²) in [7, 11) is 0. The Morgan fingerprint density at radius 3 is 2.63 bits per heavy atom. The minimum Gasteiger partial charge on any atom is -0.484 e. The van der Waals surface area contributed by atoms with E-state index in [0.29, 0.717) is 12.5 Å². The van der Waals surface area contributed by atoms with Crippen molar-refractivity contribution in [3.05, 3.63) is 54.6 Å². The van der Waals surface area contributed by atoms with Crippen molar-refractivity contribution in [1.29, 1.82) is 0 Å². The maximum absolute atomic E-state index is 12.0. The molecular weight excluding hydrogens is 358 g/mol. The van der Waals surface area contributed by atoms with Crippen LogP contribution in [0.25, 0.3) is 10.2 Å². The second-order valence-corrected chi connectivity index (χ2v) is 7.81. The van der Waals surface area contributed by atoms with Crippen LogP contribution in [0.2, 0.25) is 0 Å². The van der Waals surface area contributed by atoms with Crippen LogP contribution in [0.5, 0.6) is 5.75 Å². The number of benzene rings is 2. The molecule has 0 atom stereocenters. The summed E-state index contributed by atoms with van der Waals surface area (Å²) in [6.07, 6.45) is 2.13. The highest BCUT2D eigenvalue weighted by Gasteiger charge is 2.22.